The quantitative estimate of drug-likeness (QED) is 0.568. The number of aliphatic imine (C=N–C) groups is 1. The maximum atomic E-state index is 12.4. The fourth-order valence-electron chi connectivity index (χ4n) is 2.95. The second-order valence-corrected chi connectivity index (χ2v) is 6.47. The van der Waals surface area contributed by atoms with Gasteiger partial charge in [0, 0.05) is 25.3 Å². The van der Waals surface area contributed by atoms with Crippen LogP contribution in [0.5, 0.6) is 11.5 Å². The maximum absolute atomic E-state index is 12.4. The van der Waals surface area contributed by atoms with Gasteiger partial charge in [-0.1, -0.05) is 19.1 Å². The number of hydrogen-bond donors (Lipinski definition) is 3. The molecular weight excluding hydrogens is 368 g/mol. The van der Waals surface area contributed by atoms with Gasteiger partial charge in [-0.25, -0.2) is 0 Å². The number of nitrogens with zero attached hydrogens (tertiary/aromatic N) is 1. The topological polar surface area (TPSA) is 84.0 Å². The van der Waals surface area contributed by atoms with Crippen molar-refractivity contribution in [2.45, 2.75) is 13.8 Å². The highest BCUT2D eigenvalue weighted by atomic mass is 16.5. The summed E-state index contributed by atoms with van der Waals surface area (Å²) in [5.74, 6) is 1.96. The van der Waals surface area contributed by atoms with Gasteiger partial charge in [-0.05, 0) is 43.8 Å². The molecule has 1 aliphatic rings. The first-order valence-corrected chi connectivity index (χ1v) is 10.0. The minimum absolute atomic E-state index is 0.151. The fourth-order valence-corrected chi connectivity index (χ4v) is 2.95. The molecule has 0 atom stereocenters. The number of amides is 1. The van der Waals surface area contributed by atoms with Gasteiger partial charge in [0.2, 0.25) is 0 Å². The van der Waals surface area contributed by atoms with Gasteiger partial charge >= 0.3 is 0 Å². The lowest BCUT2D eigenvalue weighted by Gasteiger charge is -2.11. The van der Waals surface area contributed by atoms with Gasteiger partial charge in [0.05, 0.1) is 24.4 Å². The highest BCUT2D eigenvalue weighted by Crippen LogP contribution is 2.36. The van der Waals surface area contributed by atoms with Crippen LogP contribution >= 0.6 is 0 Å². The number of para-hydroxylation sites is 1. The van der Waals surface area contributed by atoms with E-state index in [0.29, 0.717) is 43.3 Å². The van der Waals surface area contributed by atoms with Crippen molar-refractivity contribution in [2.75, 3.05) is 44.7 Å². The van der Waals surface area contributed by atoms with Crippen LogP contribution in [0.2, 0.25) is 0 Å². The number of ether oxygens (including phenoxy) is 2. The number of anilines is 1. The Balaban J connectivity index is 1.82. The van der Waals surface area contributed by atoms with E-state index in [0.717, 1.165) is 30.2 Å². The first-order valence-electron chi connectivity index (χ1n) is 10.0. The molecule has 0 radical (unpaired) electrons. The smallest absolute Gasteiger partial charge is 0.251 e. The standard InChI is InChI=1S/C22H28N4O3/c1-3-23-11-12-24-21-17-7-5-6-8-19(17)29-20-10-9-16(15-18(20)26-21)22(27)25-13-14-28-4-2/h5-10,15,23H,3-4,11-14H2,1-2H3,(H,24,26)(H,25,27). The number of hydrogen-bond acceptors (Lipinski definition) is 5. The molecular formula is C22H28N4O3. The van der Waals surface area contributed by atoms with Gasteiger partial charge < -0.3 is 25.4 Å². The van der Waals surface area contributed by atoms with E-state index >= 15 is 0 Å². The third-order valence-electron chi connectivity index (χ3n) is 4.40. The lowest BCUT2D eigenvalue weighted by molar-refractivity contribution is 0.0922. The molecule has 0 bridgehead atoms. The normalized spacial score (nSPS) is 13.7. The zero-order valence-electron chi connectivity index (χ0n) is 17.0. The molecule has 29 heavy (non-hydrogen) atoms. The zero-order valence-corrected chi connectivity index (χ0v) is 17.0. The highest BCUT2D eigenvalue weighted by Gasteiger charge is 2.20. The van der Waals surface area contributed by atoms with E-state index < -0.39 is 0 Å². The minimum Gasteiger partial charge on any atom is -0.454 e. The molecule has 1 amide bonds. The van der Waals surface area contributed by atoms with Crippen molar-refractivity contribution < 1.29 is 14.3 Å². The van der Waals surface area contributed by atoms with Crippen LogP contribution in [0.1, 0.15) is 29.8 Å². The average molecular weight is 396 g/mol. The van der Waals surface area contributed by atoms with E-state index in [4.69, 9.17) is 14.5 Å². The first-order chi connectivity index (χ1) is 14.2. The summed E-state index contributed by atoms with van der Waals surface area (Å²) in [6.45, 7) is 7.92. The van der Waals surface area contributed by atoms with Gasteiger partial charge in [0.15, 0.2) is 5.75 Å². The van der Waals surface area contributed by atoms with Gasteiger partial charge in [-0.2, -0.15) is 0 Å². The molecule has 0 aliphatic carbocycles. The third kappa shape index (κ3) is 5.56. The zero-order chi connectivity index (χ0) is 20.5. The Labute approximate surface area is 171 Å². The number of fused-ring (bicyclic) bond motifs is 2. The fraction of sp³-hybridized carbons (Fsp3) is 0.364. The SMILES string of the molecule is CCNCCN=C1Nc2cc(C(=O)NCCOCC)ccc2Oc2ccccc21. The number of carbonyl (C=O) groups is 1. The van der Waals surface area contributed by atoms with Crippen LogP contribution in [0.3, 0.4) is 0 Å². The predicted molar refractivity (Wildman–Crippen MR) is 115 cm³/mol. The molecule has 0 saturated heterocycles. The molecule has 1 heterocycles. The summed E-state index contributed by atoms with van der Waals surface area (Å²) in [6, 6.07) is 13.1. The first kappa shape index (κ1) is 20.8. The van der Waals surface area contributed by atoms with Crippen molar-refractivity contribution in [2.24, 2.45) is 4.99 Å². The molecule has 0 fully saturated rings. The van der Waals surface area contributed by atoms with Crippen molar-refractivity contribution in [3.8, 4) is 11.5 Å². The summed E-state index contributed by atoms with van der Waals surface area (Å²) in [5, 5.41) is 9.49. The Morgan fingerprint density at radius 3 is 2.83 bits per heavy atom. The van der Waals surface area contributed by atoms with Crippen LogP contribution in [0.4, 0.5) is 5.69 Å². The molecule has 1 aliphatic heterocycles. The second-order valence-electron chi connectivity index (χ2n) is 6.47. The molecule has 7 nitrogen and oxygen atoms in total. The van der Waals surface area contributed by atoms with Crippen LogP contribution in [0.25, 0.3) is 0 Å². The molecule has 154 valence electrons. The number of amidine groups is 1. The summed E-state index contributed by atoms with van der Waals surface area (Å²) in [5.41, 5.74) is 2.15. The largest absolute Gasteiger partial charge is 0.454 e. The van der Waals surface area contributed by atoms with Crippen molar-refractivity contribution in [1.29, 1.82) is 0 Å². The minimum atomic E-state index is -0.151. The third-order valence-corrected chi connectivity index (χ3v) is 4.40. The molecule has 2 aromatic carbocycles. The van der Waals surface area contributed by atoms with Crippen LogP contribution < -0.4 is 20.7 Å². The Morgan fingerprint density at radius 2 is 2.00 bits per heavy atom. The van der Waals surface area contributed by atoms with Crippen molar-refractivity contribution in [3.63, 3.8) is 0 Å². The second kappa shape index (κ2) is 10.6. The summed E-state index contributed by atoms with van der Waals surface area (Å²) in [4.78, 5) is 17.2. The van der Waals surface area contributed by atoms with Crippen molar-refractivity contribution in [3.05, 3.63) is 53.6 Å². The summed E-state index contributed by atoms with van der Waals surface area (Å²) >= 11 is 0. The van der Waals surface area contributed by atoms with E-state index in [9.17, 15) is 4.79 Å². The molecule has 3 rings (SSSR count). The van der Waals surface area contributed by atoms with E-state index in [2.05, 4.69) is 22.9 Å². The summed E-state index contributed by atoms with van der Waals surface area (Å²) < 4.78 is 11.4. The number of carbonyl (C=O) groups excluding carboxylic acids is 1. The predicted octanol–water partition coefficient (Wildman–Crippen LogP) is 3.03. The molecule has 7 heteroatoms. The Morgan fingerprint density at radius 1 is 1.14 bits per heavy atom. The van der Waals surface area contributed by atoms with E-state index in [1.165, 1.54) is 0 Å². The monoisotopic (exact) mass is 396 g/mol. The highest BCUT2D eigenvalue weighted by molar-refractivity contribution is 6.12. The summed E-state index contributed by atoms with van der Waals surface area (Å²) in [6.07, 6.45) is 0. The van der Waals surface area contributed by atoms with E-state index in [1.807, 2.05) is 31.2 Å². The van der Waals surface area contributed by atoms with Gasteiger partial charge in [0.25, 0.3) is 5.91 Å². The van der Waals surface area contributed by atoms with E-state index in [1.54, 1.807) is 18.2 Å². The molecule has 0 saturated carbocycles. The number of nitrogens with one attached hydrogen (secondary N) is 3. The number of rotatable bonds is 9. The van der Waals surface area contributed by atoms with Gasteiger partial charge in [-0.3, -0.25) is 9.79 Å². The van der Waals surface area contributed by atoms with Crippen LogP contribution in [-0.4, -0.2) is 51.1 Å². The van der Waals surface area contributed by atoms with Crippen molar-refractivity contribution >= 4 is 17.4 Å². The van der Waals surface area contributed by atoms with Gasteiger partial charge in [-0.15, -0.1) is 0 Å². The summed E-state index contributed by atoms with van der Waals surface area (Å²) in [7, 11) is 0. The van der Waals surface area contributed by atoms with Crippen LogP contribution in [-0.2, 0) is 4.74 Å². The molecule has 2 aromatic rings. The lowest BCUT2D eigenvalue weighted by atomic mass is 10.1. The molecule has 3 N–H and O–H groups in total. The van der Waals surface area contributed by atoms with E-state index in [-0.39, 0.29) is 5.91 Å². The Bertz CT molecular complexity index is 867. The molecule has 0 aromatic heterocycles. The number of likely N-dealkylation sites (N-methyl/N-ethyl adjacent to an activating group) is 1. The van der Waals surface area contributed by atoms with Crippen LogP contribution in [0, 0.1) is 0 Å². The lowest BCUT2D eigenvalue weighted by Crippen LogP contribution is -2.27. The van der Waals surface area contributed by atoms with Crippen molar-refractivity contribution in [1.82, 2.24) is 10.6 Å². The number of benzene rings is 2. The molecule has 0 spiro atoms. The Kier molecular flexibility index (Phi) is 7.61. The maximum Gasteiger partial charge on any atom is 0.251 e. The van der Waals surface area contributed by atoms with Gasteiger partial charge in [0.1, 0.15) is 11.6 Å². The molecule has 0 unspecified atom stereocenters. The average Bonchev–Trinajstić information content (AvgIpc) is 2.90. The van der Waals surface area contributed by atoms with Crippen LogP contribution in [0.15, 0.2) is 47.5 Å². The Hall–Kier alpha value is -2.90.